The molecule has 5 nitrogen and oxygen atoms in total. The second-order valence-corrected chi connectivity index (χ2v) is 8.55. The van der Waals surface area contributed by atoms with Crippen molar-refractivity contribution in [3.8, 4) is 11.6 Å². The molecule has 0 N–H and O–H groups in total. The van der Waals surface area contributed by atoms with Gasteiger partial charge >= 0.3 is 12.5 Å². The molecule has 3 aromatic rings. The molecule has 0 bridgehead atoms. The van der Waals surface area contributed by atoms with Crippen LogP contribution >= 0.6 is 0 Å². The lowest BCUT2D eigenvalue weighted by atomic mass is 10.2. The number of halogens is 7. The predicted octanol–water partition coefficient (Wildman–Crippen LogP) is 5.91. The summed E-state index contributed by atoms with van der Waals surface area (Å²) in [6.45, 7) is 2.73. The van der Waals surface area contributed by atoms with E-state index in [-0.39, 0.29) is 33.3 Å². The van der Waals surface area contributed by atoms with E-state index in [0.717, 1.165) is 16.8 Å². The Kier molecular flexibility index (Phi) is 7.36. The van der Waals surface area contributed by atoms with Gasteiger partial charge in [-0.15, -0.1) is 18.3 Å². The molecule has 34 heavy (non-hydrogen) atoms. The fraction of sp³-hybridized carbons (Fsp3) is 0.286. The van der Waals surface area contributed by atoms with Crippen LogP contribution in [0.2, 0.25) is 0 Å². The van der Waals surface area contributed by atoms with E-state index < -0.39 is 41.2 Å². The molecular formula is C21H17F7N2O3S. The van der Waals surface area contributed by atoms with E-state index >= 15 is 0 Å². The number of alkyl halides is 6. The summed E-state index contributed by atoms with van der Waals surface area (Å²) in [6, 6.07) is 10.2. The van der Waals surface area contributed by atoms with Crippen LogP contribution in [0.25, 0.3) is 5.69 Å². The van der Waals surface area contributed by atoms with Crippen molar-refractivity contribution in [2.75, 3.05) is 5.75 Å². The Morgan fingerprint density at radius 3 is 2.26 bits per heavy atom. The monoisotopic (exact) mass is 510 g/mol. The number of ether oxygens (including phenoxy) is 2. The summed E-state index contributed by atoms with van der Waals surface area (Å²) in [6.07, 6.45) is -11.7. The van der Waals surface area contributed by atoms with Crippen LogP contribution in [0.4, 0.5) is 30.7 Å². The van der Waals surface area contributed by atoms with Gasteiger partial charge in [0.05, 0.1) is 10.8 Å². The second kappa shape index (κ2) is 9.74. The maximum atomic E-state index is 14.7. The highest BCUT2D eigenvalue weighted by Gasteiger charge is 2.36. The van der Waals surface area contributed by atoms with Crippen LogP contribution in [0, 0.1) is 19.7 Å². The van der Waals surface area contributed by atoms with Gasteiger partial charge < -0.3 is 4.74 Å². The maximum Gasteiger partial charge on any atom is 0.525 e. The van der Waals surface area contributed by atoms with Gasteiger partial charge in [-0.2, -0.15) is 13.2 Å². The van der Waals surface area contributed by atoms with E-state index in [2.05, 4.69) is 9.84 Å². The molecule has 2 aromatic carbocycles. The molecule has 1 aromatic heterocycles. The van der Waals surface area contributed by atoms with E-state index in [1.165, 1.54) is 44.2 Å². The van der Waals surface area contributed by atoms with E-state index in [0.29, 0.717) is 0 Å². The van der Waals surface area contributed by atoms with Gasteiger partial charge in [0.25, 0.3) is 0 Å². The molecule has 184 valence electrons. The highest BCUT2D eigenvalue weighted by molar-refractivity contribution is 7.85. The number of aromatic nitrogens is 2. The Hall–Kier alpha value is -2.93. The molecule has 0 aliphatic carbocycles. The van der Waals surface area contributed by atoms with Gasteiger partial charge in [0.1, 0.15) is 17.3 Å². The van der Waals surface area contributed by atoms with Crippen LogP contribution in [0.3, 0.4) is 0 Å². The molecule has 13 heteroatoms. The lowest BCUT2D eigenvalue weighted by Crippen LogP contribution is -2.22. The third-order valence-corrected chi connectivity index (χ3v) is 5.94. The second-order valence-electron chi connectivity index (χ2n) is 7.13. The van der Waals surface area contributed by atoms with E-state index in [1.807, 2.05) is 0 Å². The molecule has 0 radical (unpaired) electrons. The number of rotatable bonds is 7. The zero-order valence-electron chi connectivity index (χ0n) is 17.6. The van der Waals surface area contributed by atoms with Crippen LogP contribution in [0.15, 0.2) is 53.4 Å². The van der Waals surface area contributed by atoms with Crippen molar-refractivity contribution < 1.29 is 44.4 Å². The van der Waals surface area contributed by atoms with Gasteiger partial charge in [0, 0.05) is 22.2 Å². The third kappa shape index (κ3) is 6.56. The third-order valence-electron chi connectivity index (χ3n) is 4.42. The van der Waals surface area contributed by atoms with Gasteiger partial charge in [-0.3, -0.25) is 4.21 Å². The number of aryl methyl sites for hydroxylation is 2. The fourth-order valence-corrected chi connectivity index (χ4v) is 4.14. The predicted molar refractivity (Wildman–Crippen MR) is 107 cm³/mol. The number of benzene rings is 2. The van der Waals surface area contributed by atoms with E-state index in [1.54, 1.807) is 6.07 Å². The molecule has 0 aliphatic rings. The van der Waals surface area contributed by atoms with Crippen molar-refractivity contribution in [3.05, 3.63) is 71.2 Å². The Bertz CT molecular complexity index is 1180. The average molecular weight is 510 g/mol. The first-order valence-electron chi connectivity index (χ1n) is 9.52. The van der Waals surface area contributed by atoms with Gasteiger partial charge in [-0.1, -0.05) is 30.3 Å². The van der Waals surface area contributed by atoms with E-state index in [4.69, 9.17) is 4.74 Å². The minimum absolute atomic E-state index is 0.0263. The molecular weight excluding hydrogens is 493 g/mol. The zero-order chi connectivity index (χ0) is 25.3. The lowest BCUT2D eigenvalue weighted by molar-refractivity contribution is -0.370. The average Bonchev–Trinajstić information content (AvgIpc) is 3.05. The minimum Gasteiger partial charge on any atom is -0.442 e. The van der Waals surface area contributed by atoms with Gasteiger partial charge in [-0.25, -0.2) is 13.8 Å². The molecule has 0 amide bonds. The molecule has 0 aliphatic heterocycles. The molecule has 0 spiro atoms. The Labute approximate surface area is 191 Å². The summed E-state index contributed by atoms with van der Waals surface area (Å²) in [4.78, 5) is -0.256. The summed E-state index contributed by atoms with van der Waals surface area (Å²) in [7, 11) is -2.51. The normalized spacial score (nSPS) is 14.1. The molecule has 0 saturated heterocycles. The van der Waals surface area contributed by atoms with Crippen LogP contribution < -0.4 is 4.74 Å². The van der Waals surface area contributed by atoms with Gasteiger partial charge in [0.15, 0.2) is 0 Å². The first kappa shape index (κ1) is 25.7. The molecule has 0 saturated carbocycles. The zero-order valence-corrected chi connectivity index (χ0v) is 18.4. The minimum atomic E-state index is -5.04. The first-order valence-corrected chi connectivity index (χ1v) is 10.8. The van der Waals surface area contributed by atoms with Gasteiger partial charge in [0.2, 0.25) is 12.2 Å². The van der Waals surface area contributed by atoms with Crippen molar-refractivity contribution >= 4 is 10.8 Å². The van der Waals surface area contributed by atoms with Crippen molar-refractivity contribution in [3.63, 3.8) is 0 Å². The molecule has 2 atom stereocenters. The summed E-state index contributed by atoms with van der Waals surface area (Å²) < 4.78 is 114. The van der Waals surface area contributed by atoms with Crippen molar-refractivity contribution in [1.82, 2.24) is 9.78 Å². The highest BCUT2D eigenvalue weighted by atomic mass is 32.2. The summed E-state index contributed by atoms with van der Waals surface area (Å²) >= 11 is 0. The summed E-state index contributed by atoms with van der Waals surface area (Å²) in [5.74, 6) is -2.89. The van der Waals surface area contributed by atoms with Crippen LogP contribution in [-0.4, -0.2) is 32.3 Å². The number of hydrogen-bond acceptors (Lipinski definition) is 4. The smallest absolute Gasteiger partial charge is 0.442 e. The van der Waals surface area contributed by atoms with Gasteiger partial charge in [-0.05, 0) is 31.5 Å². The largest absolute Gasteiger partial charge is 0.525 e. The van der Waals surface area contributed by atoms with Crippen LogP contribution in [0.5, 0.6) is 5.88 Å². The summed E-state index contributed by atoms with van der Waals surface area (Å²) in [5, 5.41) is 3.93. The van der Waals surface area contributed by atoms with Crippen molar-refractivity contribution in [2.24, 2.45) is 0 Å². The Balaban J connectivity index is 1.96. The topological polar surface area (TPSA) is 53.4 Å². The van der Waals surface area contributed by atoms with Crippen molar-refractivity contribution in [2.45, 2.75) is 37.6 Å². The summed E-state index contributed by atoms with van der Waals surface area (Å²) in [5.41, 5.74) is -0.105. The fourth-order valence-electron chi connectivity index (χ4n) is 3.03. The molecule has 1 heterocycles. The van der Waals surface area contributed by atoms with Crippen LogP contribution in [-0.2, 0) is 15.5 Å². The molecule has 3 rings (SSSR count). The first-order chi connectivity index (χ1) is 15.7. The standard InChI is InChI=1S/C21H17F7N2O3S/c1-12-8-15(22)16(10-17(12)34(31)11-20(23,24)25)30-13(2)9-18(29-30)32-19(33-21(26,27)28)14-6-4-3-5-7-14/h3-10,19H,11H2,1-2H3. The number of nitrogens with zero attached hydrogens (tertiary/aromatic N) is 2. The SMILES string of the molecule is Cc1cc(F)c(-n2nc(OC(OC(F)(F)F)c3ccccc3)cc2C)cc1S(=O)CC(F)(F)F. The van der Waals surface area contributed by atoms with E-state index in [9.17, 15) is 34.9 Å². The quantitative estimate of drug-likeness (QED) is 0.293. The van der Waals surface area contributed by atoms with Crippen LogP contribution in [0.1, 0.15) is 23.1 Å². The number of hydrogen-bond donors (Lipinski definition) is 0. The Morgan fingerprint density at radius 1 is 1.03 bits per heavy atom. The van der Waals surface area contributed by atoms with Crippen molar-refractivity contribution in [1.29, 1.82) is 0 Å². The maximum absolute atomic E-state index is 14.7. The molecule has 2 unspecified atom stereocenters. The molecule has 0 fully saturated rings. The lowest BCUT2D eigenvalue weighted by Gasteiger charge is -2.19. The highest BCUT2D eigenvalue weighted by Crippen LogP contribution is 2.32. The Morgan fingerprint density at radius 2 is 1.68 bits per heavy atom.